The first-order valence-corrected chi connectivity index (χ1v) is 5.12. The quantitative estimate of drug-likeness (QED) is 0.464. The van der Waals surface area contributed by atoms with Crippen LogP contribution in [0.3, 0.4) is 0 Å². The fourth-order valence-corrected chi connectivity index (χ4v) is 1.16. The third-order valence-electron chi connectivity index (χ3n) is 1.69. The molecule has 0 bridgehead atoms. The van der Waals surface area contributed by atoms with Gasteiger partial charge in [0.25, 0.3) is 0 Å². The van der Waals surface area contributed by atoms with Gasteiger partial charge in [-0.1, -0.05) is 29.5 Å². The highest BCUT2D eigenvalue weighted by atomic mass is 35.5. The third-order valence-corrected chi connectivity index (χ3v) is 2.02. The first kappa shape index (κ1) is 11.4. The Labute approximate surface area is 95.2 Å². The van der Waals surface area contributed by atoms with Crippen LogP contribution in [0, 0.1) is 18.8 Å². The van der Waals surface area contributed by atoms with E-state index in [0.717, 1.165) is 11.1 Å². The Balaban J connectivity index is 3.06. The second kappa shape index (κ2) is 4.26. The first-order valence-electron chi connectivity index (χ1n) is 4.37. The van der Waals surface area contributed by atoms with Crippen molar-refractivity contribution in [1.82, 2.24) is 0 Å². The van der Waals surface area contributed by atoms with Crippen LogP contribution in [-0.2, 0) is 0 Å². The fraction of sp³-hybridized carbons (Fsp3) is 0.333. The highest BCUT2D eigenvalue weighted by Crippen LogP contribution is 2.16. The molecule has 0 radical (unpaired) electrons. The van der Waals surface area contributed by atoms with Crippen molar-refractivity contribution in [2.24, 2.45) is 0 Å². The van der Waals surface area contributed by atoms with E-state index < -0.39 is 4.87 Å². The molecule has 14 heavy (non-hydrogen) atoms. The van der Waals surface area contributed by atoms with Gasteiger partial charge in [-0.25, -0.2) is 0 Å². The third kappa shape index (κ3) is 3.62. The molecule has 0 heterocycles. The SMILES string of the molecule is Cc1ccc(Cl)cc1C#CC(C)(C)Cl. The molecule has 74 valence electrons. The Morgan fingerprint density at radius 3 is 2.50 bits per heavy atom. The van der Waals surface area contributed by atoms with Gasteiger partial charge in [0.2, 0.25) is 0 Å². The molecule has 0 N–H and O–H groups in total. The molecule has 1 rings (SSSR count). The molecule has 1 aromatic rings. The van der Waals surface area contributed by atoms with Gasteiger partial charge in [0.05, 0.1) is 4.87 Å². The minimum absolute atomic E-state index is 0.491. The van der Waals surface area contributed by atoms with Gasteiger partial charge in [0.1, 0.15) is 0 Å². The minimum Gasteiger partial charge on any atom is -0.106 e. The summed E-state index contributed by atoms with van der Waals surface area (Å²) in [5, 5.41) is 0.701. The van der Waals surface area contributed by atoms with Gasteiger partial charge in [-0.05, 0) is 38.5 Å². The normalized spacial score (nSPS) is 10.6. The molecular weight excluding hydrogens is 215 g/mol. The largest absolute Gasteiger partial charge is 0.106 e. The predicted octanol–water partition coefficient (Wildman–Crippen LogP) is 4.02. The summed E-state index contributed by atoms with van der Waals surface area (Å²) in [4.78, 5) is -0.491. The summed E-state index contributed by atoms with van der Waals surface area (Å²) in [5.74, 6) is 5.99. The molecule has 0 atom stereocenters. The molecule has 2 heteroatoms. The van der Waals surface area contributed by atoms with Crippen LogP contribution in [0.4, 0.5) is 0 Å². The monoisotopic (exact) mass is 226 g/mol. The average molecular weight is 227 g/mol. The van der Waals surface area contributed by atoms with E-state index in [0.29, 0.717) is 5.02 Å². The number of aryl methyl sites for hydroxylation is 1. The van der Waals surface area contributed by atoms with Gasteiger partial charge in [-0.15, -0.1) is 11.6 Å². The lowest BCUT2D eigenvalue weighted by atomic mass is 10.1. The van der Waals surface area contributed by atoms with E-state index in [9.17, 15) is 0 Å². The van der Waals surface area contributed by atoms with Crippen LogP contribution in [0.15, 0.2) is 18.2 Å². The molecule has 0 nitrogen and oxygen atoms in total. The van der Waals surface area contributed by atoms with Crippen LogP contribution in [-0.4, -0.2) is 4.87 Å². The molecule has 0 spiro atoms. The molecular formula is C12H12Cl2. The Bertz CT molecular complexity index is 389. The maximum atomic E-state index is 5.97. The fourth-order valence-electron chi connectivity index (χ4n) is 0.945. The number of hydrogen-bond donors (Lipinski definition) is 0. The maximum Gasteiger partial charge on any atom is 0.0997 e. The predicted molar refractivity (Wildman–Crippen MR) is 63.0 cm³/mol. The molecule has 0 unspecified atom stereocenters. The van der Waals surface area contributed by atoms with Crippen molar-refractivity contribution in [1.29, 1.82) is 0 Å². The molecule has 1 aromatic carbocycles. The summed E-state index contributed by atoms with van der Waals surface area (Å²) in [7, 11) is 0. The van der Waals surface area contributed by atoms with Crippen molar-refractivity contribution in [3.63, 3.8) is 0 Å². The van der Waals surface area contributed by atoms with E-state index in [1.165, 1.54) is 0 Å². The first-order chi connectivity index (χ1) is 6.38. The highest BCUT2D eigenvalue weighted by Gasteiger charge is 2.07. The van der Waals surface area contributed by atoms with E-state index in [1.807, 2.05) is 39.0 Å². The van der Waals surface area contributed by atoms with Crippen LogP contribution in [0.1, 0.15) is 25.0 Å². The molecule has 0 saturated heterocycles. The van der Waals surface area contributed by atoms with Crippen molar-refractivity contribution in [3.05, 3.63) is 34.3 Å². The Hall–Kier alpha value is -0.640. The minimum atomic E-state index is -0.491. The standard InChI is InChI=1S/C12H12Cl2/c1-9-4-5-11(13)8-10(9)6-7-12(2,3)14/h4-5,8H,1-3H3. The molecule has 0 aliphatic carbocycles. The van der Waals surface area contributed by atoms with Crippen molar-refractivity contribution in [3.8, 4) is 11.8 Å². The van der Waals surface area contributed by atoms with Crippen molar-refractivity contribution in [2.45, 2.75) is 25.6 Å². The molecule has 0 aliphatic heterocycles. The van der Waals surface area contributed by atoms with E-state index in [4.69, 9.17) is 23.2 Å². The summed E-state index contributed by atoms with van der Waals surface area (Å²) in [6.07, 6.45) is 0. The molecule has 0 aromatic heterocycles. The number of alkyl halides is 1. The Kier molecular flexibility index (Phi) is 3.48. The summed E-state index contributed by atoms with van der Waals surface area (Å²) in [5.41, 5.74) is 2.05. The molecule has 0 amide bonds. The number of hydrogen-bond acceptors (Lipinski definition) is 0. The summed E-state index contributed by atoms with van der Waals surface area (Å²) >= 11 is 11.8. The van der Waals surface area contributed by atoms with Crippen LogP contribution < -0.4 is 0 Å². The van der Waals surface area contributed by atoms with Gasteiger partial charge in [0.15, 0.2) is 0 Å². The Morgan fingerprint density at radius 2 is 1.93 bits per heavy atom. The Morgan fingerprint density at radius 1 is 1.29 bits per heavy atom. The van der Waals surface area contributed by atoms with E-state index in [1.54, 1.807) is 0 Å². The summed E-state index contributed by atoms with van der Waals surface area (Å²) in [6.45, 7) is 5.73. The van der Waals surface area contributed by atoms with Crippen LogP contribution in [0.2, 0.25) is 5.02 Å². The van der Waals surface area contributed by atoms with Crippen LogP contribution in [0.25, 0.3) is 0 Å². The second-order valence-corrected chi connectivity index (χ2v) is 5.06. The lowest BCUT2D eigenvalue weighted by Crippen LogP contribution is -2.04. The molecule has 0 fully saturated rings. The van der Waals surface area contributed by atoms with Crippen molar-refractivity contribution < 1.29 is 0 Å². The van der Waals surface area contributed by atoms with Gasteiger partial charge in [-0.2, -0.15) is 0 Å². The van der Waals surface area contributed by atoms with Crippen LogP contribution >= 0.6 is 23.2 Å². The van der Waals surface area contributed by atoms with Gasteiger partial charge < -0.3 is 0 Å². The zero-order valence-electron chi connectivity index (χ0n) is 8.49. The number of rotatable bonds is 0. The lowest BCUT2D eigenvalue weighted by molar-refractivity contribution is 0.917. The van der Waals surface area contributed by atoms with E-state index >= 15 is 0 Å². The molecule has 0 aliphatic rings. The summed E-state index contributed by atoms with van der Waals surface area (Å²) in [6, 6.07) is 5.66. The number of benzene rings is 1. The highest BCUT2D eigenvalue weighted by molar-refractivity contribution is 6.30. The van der Waals surface area contributed by atoms with Gasteiger partial charge in [0, 0.05) is 10.6 Å². The van der Waals surface area contributed by atoms with Crippen molar-refractivity contribution in [2.75, 3.05) is 0 Å². The zero-order valence-corrected chi connectivity index (χ0v) is 10.00. The summed E-state index contributed by atoms with van der Waals surface area (Å²) < 4.78 is 0. The number of halogens is 2. The average Bonchev–Trinajstić information content (AvgIpc) is 2.05. The van der Waals surface area contributed by atoms with E-state index in [2.05, 4.69) is 11.8 Å². The van der Waals surface area contributed by atoms with E-state index in [-0.39, 0.29) is 0 Å². The maximum absolute atomic E-state index is 5.97. The van der Waals surface area contributed by atoms with Gasteiger partial charge >= 0.3 is 0 Å². The van der Waals surface area contributed by atoms with Crippen LogP contribution in [0.5, 0.6) is 0 Å². The van der Waals surface area contributed by atoms with Gasteiger partial charge in [-0.3, -0.25) is 0 Å². The second-order valence-electron chi connectivity index (χ2n) is 3.68. The molecule has 0 saturated carbocycles. The van der Waals surface area contributed by atoms with Crippen molar-refractivity contribution >= 4 is 23.2 Å². The topological polar surface area (TPSA) is 0 Å². The zero-order chi connectivity index (χ0) is 10.8. The smallest absolute Gasteiger partial charge is 0.0997 e. The lowest BCUT2D eigenvalue weighted by Gasteiger charge is -2.04.